The highest BCUT2D eigenvalue weighted by atomic mass is 32.1. The van der Waals surface area contributed by atoms with Crippen LogP contribution in [0.5, 0.6) is 0 Å². The Bertz CT molecular complexity index is 501. The fourth-order valence-corrected chi connectivity index (χ4v) is 3.02. The van der Waals surface area contributed by atoms with Crippen molar-refractivity contribution in [3.8, 4) is 0 Å². The van der Waals surface area contributed by atoms with E-state index in [2.05, 4.69) is 24.9 Å². The van der Waals surface area contributed by atoms with Crippen LogP contribution >= 0.6 is 11.3 Å². The van der Waals surface area contributed by atoms with Gasteiger partial charge >= 0.3 is 0 Å². The molecule has 4 heteroatoms. The van der Waals surface area contributed by atoms with Crippen LogP contribution in [0.2, 0.25) is 0 Å². The minimum atomic E-state index is -0.610. The van der Waals surface area contributed by atoms with E-state index in [9.17, 15) is 5.11 Å². The molecule has 1 unspecified atom stereocenters. The van der Waals surface area contributed by atoms with E-state index in [0.29, 0.717) is 0 Å². The van der Waals surface area contributed by atoms with Gasteiger partial charge in [-0.2, -0.15) is 0 Å². The van der Waals surface area contributed by atoms with Crippen molar-refractivity contribution in [1.29, 1.82) is 0 Å². The van der Waals surface area contributed by atoms with Crippen molar-refractivity contribution in [3.63, 3.8) is 0 Å². The number of hydrogen-bond acceptors (Lipinski definition) is 3. The maximum Gasteiger partial charge on any atom is 0.142 e. The molecule has 0 amide bonds. The Labute approximate surface area is 106 Å². The average Bonchev–Trinajstić information content (AvgIpc) is 2.85. The lowest BCUT2D eigenvalue weighted by atomic mass is 10.1. The number of thiophene rings is 1. The van der Waals surface area contributed by atoms with E-state index in [1.165, 1.54) is 9.75 Å². The van der Waals surface area contributed by atoms with Crippen LogP contribution < -0.4 is 0 Å². The lowest BCUT2D eigenvalue weighted by Crippen LogP contribution is -2.09. The number of aliphatic hydroxyl groups is 1. The Hall–Kier alpha value is -1.13. The van der Waals surface area contributed by atoms with Gasteiger partial charge in [0.15, 0.2) is 0 Å². The number of imidazole rings is 1. The summed E-state index contributed by atoms with van der Waals surface area (Å²) in [5.74, 6) is 0.743. The summed E-state index contributed by atoms with van der Waals surface area (Å²) in [5, 5.41) is 10.4. The SMILES string of the molecule is CCCn1ccnc1C(O)c1cc(C)sc1C. The number of aryl methyl sites for hydroxylation is 3. The first-order chi connectivity index (χ1) is 8.13. The van der Waals surface area contributed by atoms with Gasteiger partial charge in [-0.3, -0.25) is 0 Å². The summed E-state index contributed by atoms with van der Waals surface area (Å²) in [5.41, 5.74) is 0.982. The van der Waals surface area contributed by atoms with Gasteiger partial charge < -0.3 is 9.67 Å². The molecular weight excluding hydrogens is 232 g/mol. The lowest BCUT2D eigenvalue weighted by molar-refractivity contribution is 0.204. The number of rotatable bonds is 4. The smallest absolute Gasteiger partial charge is 0.142 e. The first kappa shape index (κ1) is 12.3. The van der Waals surface area contributed by atoms with Gasteiger partial charge in [-0.05, 0) is 26.3 Å². The third-order valence-electron chi connectivity index (χ3n) is 2.83. The Balaban J connectivity index is 2.33. The molecule has 2 aromatic heterocycles. The van der Waals surface area contributed by atoms with Crippen LogP contribution in [-0.4, -0.2) is 14.7 Å². The molecule has 0 aliphatic heterocycles. The summed E-state index contributed by atoms with van der Waals surface area (Å²) >= 11 is 1.72. The van der Waals surface area contributed by atoms with Crippen molar-refractivity contribution in [2.24, 2.45) is 0 Å². The van der Waals surface area contributed by atoms with Crippen LogP contribution in [0.1, 0.15) is 40.6 Å². The Morgan fingerprint density at radius 1 is 1.47 bits per heavy atom. The molecule has 0 fully saturated rings. The van der Waals surface area contributed by atoms with Gasteiger partial charge in [0.25, 0.3) is 0 Å². The van der Waals surface area contributed by atoms with Gasteiger partial charge in [0.2, 0.25) is 0 Å². The van der Waals surface area contributed by atoms with Gasteiger partial charge in [0.1, 0.15) is 11.9 Å². The Morgan fingerprint density at radius 3 is 2.82 bits per heavy atom. The molecule has 0 saturated heterocycles. The molecule has 2 aromatic rings. The van der Waals surface area contributed by atoms with Crippen LogP contribution in [0.4, 0.5) is 0 Å². The van der Waals surface area contributed by atoms with Crippen molar-refractivity contribution in [3.05, 3.63) is 39.6 Å². The fraction of sp³-hybridized carbons (Fsp3) is 0.462. The topological polar surface area (TPSA) is 38.0 Å². The van der Waals surface area contributed by atoms with Crippen LogP contribution in [0, 0.1) is 13.8 Å². The van der Waals surface area contributed by atoms with E-state index >= 15 is 0 Å². The minimum absolute atomic E-state index is 0.610. The zero-order valence-electron chi connectivity index (χ0n) is 10.5. The van der Waals surface area contributed by atoms with E-state index in [4.69, 9.17) is 0 Å². The summed E-state index contributed by atoms with van der Waals surface area (Å²) < 4.78 is 2.02. The molecular formula is C13H18N2OS. The normalized spacial score (nSPS) is 12.9. The van der Waals surface area contributed by atoms with E-state index in [1.54, 1.807) is 17.5 Å². The van der Waals surface area contributed by atoms with Gasteiger partial charge in [-0.25, -0.2) is 4.98 Å². The molecule has 0 saturated carbocycles. The molecule has 2 rings (SSSR count). The predicted molar refractivity (Wildman–Crippen MR) is 70.4 cm³/mol. The number of hydrogen-bond donors (Lipinski definition) is 1. The van der Waals surface area contributed by atoms with Crippen molar-refractivity contribution < 1.29 is 5.11 Å². The van der Waals surface area contributed by atoms with Gasteiger partial charge in [0.05, 0.1) is 0 Å². The molecule has 0 spiro atoms. The lowest BCUT2D eigenvalue weighted by Gasteiger charge is -2.12. The second-order valence-electron chi connectivity index (χ2n) is 4.25. The maximum atomic E-state index is 10.4. The molecule has 92 valence electrons. The highest BCUT2D eigenvalue weighted by Crippen LogP contribution is 2.29. The zero-order chi connectivity index (χ0) is 12.4. The van der Waals surface area contributed by atoms with E-state index in [-0.39, 0.29) is 0 Å². The van der Waals surface area contributed by atoms with E-state index in [0.717, 1.165) is 24.4 Å². The molecule has 3 nitrogen and oxygen atoms in total. The largest absolute Gasteiger partial charge is 0.380 e. The Kier molecular flexibility index (Phi) is 3.64. The predicted octanol–water partition coefficient (Wildman–Crippen LogP) is 3.05. The fourth-order valence-electron chi connectivity index (χ4n) is 2.06. The second-order valence-corrected chi connectivity index (χ2v) is 5.71. The first-order valence-electron chi connectivity index (χ1n) is 5.89. The molecule has 0 aliphatic rings. The highest BCUT2D eigenvalue weighted by molar-refractivity contribution is 7.12. The monoisotopic (exact) mass is 250 g/mol. The minimum Gasteiger partial charge on any atom is -0.380 e. The summed E-state index contributed by atoms with van der Waals surface area (Å²) in [4.78, 5) is 6.67. The molecule has 0 aliphatic carbocycles. The zero-order valence-corrected chi connectivity index (χ0v) is 11.3. The number of aromatic nitrogens is 2. The van der Waals surface area contributed by atoms with E-state index < -0.39 is 6.10 Å². The molecule has 0 radical (unpaired) electrons. The molecule has 17 heavy (non-hydrogen) atoms. The average molecular weight is 250 g/mol. The summed E-state index contributed by atoms with van der Waals surface area (Å²) in [6.07, 6.45) is 4.11. The number of aliphatic hydroxyl groups excluding tert-OH is 1. The molecule has 2 heterocycles. The standard InChI is InChI=1S/C13H18N2OS/c1-4-6-15-7-5-14-13(15)12(16)11-8-9(2)17-10(11)3/h5,7-8,12,16H,4,6H2,1-3H3. The summed E-state index contributed by atoms with van der Waals surface area (Å²) in [6, 6.07) is 2.05. The molecule has 0 bridgehead atoms. The van der Waals surface area contributed by atoms with Crippen molar-refractivity contribution in [2.75, 3.05) is 0 Å². The Morgan fingerprint density at radius 2 is 2.24 bits per heavy atom. The van der Waals surface area contributed by atoms with Gasteiger partial charge in [0, 0.05) is 34.3 Å². The van der Waals surface area contributed by atoms with Crippen molar-refractivity contribution in [1.82, 2.24) is 9.55 Å². The molecule has 0 aromatic carbocycles. The van der Waals surface area contributed by atoms with Crippen LogP contribution in [-0.2, 0) is 6.54 Å². The second kappa shape index (κ2) is 5.02. The van der Waals surface area contributed by atoms with Crippen LogP contribution in [0.25, 0.3) is 0 Å². The molecule has 1 N–H and O–H groups in total. The summed E-state index contributed by atoms with van der Waals surface area (Å²) in [7, 11) is 0. The maximum absolute atomic E-state index is 10.4. The van der Waals surface area contributed by atoms with Crippen molar-refractivity contribution in [2.45, 2.75) is 39.8 Å². The quantitative estimate of drug-likeness (QED) is 0.905. The van der Waals surface area contributed by atoms with Crippen LogP contribution in [0.15, 0.2) is 18.5 Å². The van der Waals surface area contributed by atoms with E-state index in [1.807, 2.05) is 17.7 Å². The van der Waals surface area contributed by atoms with Gasteiger partial charge in [-0.1, -0.05) is 6.92 Å². The van der Waals surface area contributed by atoms with Crippen LogP contribution in [0.3, 0.4) is 0 Å². The number of nitrogens with zero attached hydrogens (tertiary/aromatic N) is 2. The van der Waals surface area contributed by atoms with Crippen molar-refractivity contribution >= 4 is 11.3 Å². The first-order valence-corrected chi connectivity index (χ1v) is 6.71. The molecule has 1 atom stereocenters. The summed E-state index contributed by atoms with van der Waals surface area (Å²) in [6.45, 7) is 7.13. The third-order valence-corrected chi connectivity index (χ3v) is 3.81. The van der Waals surface area contributed by atoms with Gasteiger partial charge in [-0.15, -0.1) is 11.3 Å². The third kappa shape index (κ3) is 2.42. The highest BCUT2D eigenvalue weighted by Gasteiger charge is 2.19.